The lowest BCUT2D eigenvalue weighted by molar-refractivity contribution is -0.134. The third-order valence-corrected chi connectivity index (χ3v) is 4.34. The predicted octanol–water partition coefficient (Wildman–Crippen LogP) is 4.01. The van der Waals surface area contributed by atoms with E-state index < -0.39 is 11.4 Å². The number of carbonyl (C=O) groups excluding carboxylic acids is 2. The van der Waals surface area contributed by atoms with Crippen LogP contribution in [-0.4, -0.2) is 29.4 Å². The molecule has 0 bridgehead atoms. The largest absolute Gasteiger partial charge is 0.507 e. The third kappa shape index (κ3) is 4.63. The second kappa shape index (κ2) is 8.64. The number of Topliss-reactive ketones (excluding diaryl/α,β-unsaturated/α-hetero) is 1. The Balaban J connectivity index is 2.26. The Morgan fingerprint density at radius 1 is 1.22 bits per heavy atom. The molecule has 27 heavy (non-hydrogen) atoms. The molecule has 0 radical (unpaired) electrons. The minimum absolute atomic E-state index is 0.0603. The van der Waals surface area contributed by atoms with Gasteiger partial charge in [0, 0.05) is 5.57 Å². The van der Waals surface area contributed by atoms with Gasteiger partial charge >= 0.3 is 0 Å². The maximum Gasteiger partial charge on any atom is 0.197 e. The van der Waals surface area contributed by atoms with Crippen LogP contribution in [0.4, 0.5) is 0 Å². The summed E-state index contributed by atoms with van der Waals surface area (Å²) in [5, 5.41) is 10.3. The molecule has 0 amide bonds. The van der Waals surface area contributed by atoms with E-state index >= 15 is 0 Å². The summed E-state index contributed by atoms with van der Waals surface area (Å²) in [6, 6.07) is 7.28. The number of rotatable bonds is 7. The highest BCUT2D eigenvalue weighted by molar-refractivity contribution is 6.14. The molecule has 1 aliphatic carbocycles. The van der Waals surface area contributed by atoms with Crippen LogP contribution in [-0.2, 0) is 20.9 Å². The molecule has 5 heteroatoms. The van der Waals surface area contributed by atoms with Crippen LogP contribution in [0.1, 0.15) is 26.3 Å². The molecule has 1 aromatic carbocycles. The molecule has 1 N–H and O–H groups in total. The van der Waals surface area contributed by atoms with E-state index in [-0.39, 0.29) is 29.3 Å². The van der Waals surface area contributed by atoms with E-state index in [1.54, 1.807) is 44.4 Å². The number of ketones is 2. The number of benzene rings is 1. The molecule has 0 heterocycles. The maximum absolute atomic E-state index is 12.7. The van der Waals surface area contributed by atoms with Gasteiger partial charge in [-0.15, -0.1) is 0 Å². The number of methoxy groups -OCH3 is 1. The van der Waals surface area contributed by atoms with Crippen LogP contribution in [0, 0.1) is 0 Å². The molecule has 2 rings (SSSR count). The summed E-state index contributed by atoms with van der Waals surface area (Å²) >= 11 is 0. The van der Waals surface area contributed by atoms with Crippen molar-refractivity contribution < 1.29 is 24.2 Å². The second-order valence-electron chi connectivity index (χ2n) is 6.35. The minimum atomic E-state index is -1.34. The fourth-order valence-corrected chi connectivity index (χ4v) is 2.69. The van der Waals surface area contributed by atoms with Gasteiger partial charge in [0.2, 0.25) is 0 Å². The van der Waals surface area contributed by atoms with Gasteiger partial charge in [0.25, 0.3) is 0 Å². The number of allylic oxidation sites excluding steroid dienone is 5. The summed E-state index contributed by atoms with van der Waals surface area (Å²) in [5.41, 5.74) is -0.312. The van der Waals surface area contributed by atoms with Crippen LogP contribution in [0.2, 0.25) is 0 Å². The fraction of sp³-hybridized carbons (Fsp3) is 0.273. The first-order valence-electron chi connectivity index (χ1n) is 8.61. The van der Waals surface area contributed by atoms with Crippen molar-refractivity contribution in [3.8, 4) is 5.75 Å². The Kier molecular flexibility index (Phi) is 6.53. The average molecular weight is 368 g/mol. The molecule has 0 unspecified atom stereocenters. The topological polar surface area (TPSA) is 72.8 Å². The van der Waals surface area contributed by atoms with Gasteiger partial charge in [-0.05, 0) is 50.6 Å². The minimum Gasteiger partial charge on any atom is -0.507 e. The quantitative estimate of drug-likeness (QED) is 0.581. The van der Waals surface area contributed by atoms with E-state index in [1.165, 1.54) is 19.1 Å². The van der Waals surface area contributed by atoms with Gasteiger partial charge in [-0.25, -0.2) is 0 Å². The Labute approximate surface area is 159 Å². The standard InChI is InChI=1S/C22H24O5/c1-5-6-7-8-19(23)18-13-22(3,21(25)15(2)20(18)24)27-14-16-9-11-17(26-4)12-10-16/h5-13,24H,14H2,1-4H3/b6-5+,8-7+/t22-/m0/s1. The van der Waals surface area contributed by atoms with E-state index in [0.29, 0.717) is 0 Å². The highest BCUT2D eigenvalue weighted by atomic mass is 16.5. The van der Waals surface area contributed by atoms with Crippen molar-refractivity contribution in [2.24, 2.45) is 0 Å². The van der Waals surface area contributed by atoms with Crippen LogP contribution in [0.15, 0.2) is 71.6 Å². The first kappa shape index (κ1) is 20.4. The number of hydrogen-bond donors (Lipinski definition) is 1. The smallest absolute Gasteiger partial charge is 0.197 e. The molecular formula is C22H24O5. The molecule has 0 aromatic heterocycles. The van der Waals surface area contributed by atoms with Crippen LogP contribution in [0.5, 0.6) is 5.75 Å². The van der Waals surface area contributed by atoms with Gasteiger partial charge < -0.3 is 14.6 Å². The van der Waals surface area contributed by atoms with Crippen molar-refractivity contribution >= 4 is 11.6 Å². The molecule has 1 atom stereocenters. The molecule has 5 nitrogen and oxygen atoms in total. The van der Waals surface area contributed by atoms with Crippen LogP contribution in [0.3, 0.4) is 0 Å². The molecule has 1 aliphatic rings. The first-order chi connectivity index (χ1) is 12.8. The number of aliphatic hydroxyl groups is 1. The van der Waals surface area contributed by atoms with Crippen LogP contribution >= 0.6 is 0 Å². The summed E-state index contributed by atoms with van der Waals surface area (Å²) in [6.45, 7) is 5.09. The lowest BCUT2D eigenvalue weighted by atomic mass is 9.84. The molecule has 0 spiro atoms. The van der Waals surface area contributed by atoms with Gasteiger partial charge in [0.05, 0.1) is 19.3 Å². The molecule has 1 aromatic rings. The van der Waals surface area contributed by atoms with Crippen molar-refractivity contribution in [2.75, 3.05) is 7.11 Å². The lowest BCUT2D eigenvalue weighted by Gasteiger charge is -2.30. The first-order valence-corrected chi connectivity index (χ1v) is 8.61. The fourth-order valence-electron chi connectivity index (χ4n) is 2.69. The van der Waals surface area contributed by atoms with E-state index in [1.807, 2.05) is 19.1 Å². The van der Waals surface area contributed by atoms with Crippen molar-refractivity contribution in [2.45, 2.75) is 33.0 Å². The summed E-state index contributed by atoms with van der Waals surface area (Å²) < 4.78 is 11.0. The molecule has 142 valence electrons. The number of ether oxygens (including phenoxy) is 2. The maximum atomic E-state index is 12.7. The average Bonchev–Trinajstić information content (AvgIpc) is 2.68. The highest BCUT2D eigenvalue weighted by Crippen LogP contribution is 2.31. The van der Waals surface area contributed by atoms with E-state index in [0.717, 1.165) is 11.3 Å². The summed E-state index contributed by atoms with van der Waals surface area (Å²) in [6.07, 6.45) is 7.81. The van der Waals surface area contributed by atoms with Crippen molar-refractivity contribution in [1.29, 1.82) is 0 Å². The van der Waals surface area contributed by atoms with Crippen LogP contribution < -0.4 is 4.74 Å². The van der Waals surface area contributed by atoms with Gasteiger partial charge in [0.15, 0.2) is 11.6 Å². The summed E-state index contributed by atoms with van der Waals surface area (Å²) in [7, 11) is 1.59. The Morgan fingerprint density at radius 3 is 2.48 bits per heavy atom. The molecule has 0 fully saturated rings. The zero-order chi connectivity index (χ0) is 20.0. The Hall–Kier alpha value is -2.92. The zero-order valence-electron chi connectivity index (χ0n) is 16.0. The predicted molar refractivity (Wildman–Crippen MR) is 104 cm³/mol. The molecule has 0 aliphatic heterocycles. The Bertz CT molecular complexity index is 840. The van der Waals surface area contributed by atoms with Gasteiger partial charge in [-0.1, -0.05) is 30.4 Å². The van der Waals surface area contributed by atoms with Crippen LogP contribution in [0.25, 0.3) is 0 Å². The lowest BCUT2D eigenvalue weighted by Crippen LogP contribution is -2.41. The monoisotopic (exact) mass is 368 g/mol. The summed E-state index contributed by atoms with van der Waals surface area (Å²) in [5.74, 6) is -0.344. The van der Waals surface area contributed by atoms with Crippen molar-refractivity contribution in [1.82, 2.24) is 0 Å². The number of aliphatic hydroxyl groups excluding tert-OH is 1. The second-order valence-corrected chi connectivity index (χ2v) is 6.35. The Morgan fingerprint density at radius 2 is 1.89 bits per heavy atom. The van der Waals surface area contributed by atoms with E-state index in [2.05, 4.69) is 0 Å². The normalized spacial score (nSPS) is 20.4. The van der Waals surface area contributed by atoms with Gasteiger partial charge in [0.1, 0.15) is 17.1 Å². The van der Waals surface area contributed by atoms with E-state index in [4.69, 9.17) is 9.47 Å². The zero-order valence-corrected chi connectivity index (χ0v) is 16.0. The SMILES string of the molecule is C/C=C/C=C/C(=O)C1=C[C@](C)(OCc2ccc(OC)cc2)C(=O)C(C)=C1O. The number of hydrogen-bond acceptors (Lipinski definition) is 5. The van der Waals surface area contributed by atoms with Gasteiger partial charge in [-0.3, -0.25) is 9.59 Å². The van der Waals surface area contributed by atoms with Crippen molar-refractivity contribution in [3.05, 3.63) is 77.1 Å². The third-order valence-electron chi connectivity index (χ3n) is 4.34. The molecular weight excluding hydrogens is 344 g/mol. The van der Waals surface area contributed by atoms with E-state index in [9.17, 15) is 14.7 Å². The summed E-state index contributed by atoms with van der Waals surface area (Å²) in [4.78, 5) is 25.1. The molecule has 0 saturated carbocycles. The highest BCUT2D eigenvalue weighted by Gasteiger charge is 2.40. The number of carbonyl (C=O) groups is 2. The van der Waals surface area contributed by atoms with Crippen molar-refractivity contribution in [3.63, 3.8) is 0 Å². The molecule has 0 saturated heterocycles. The van der Waals surface area contributed by atoms with Gasteiger partial charge in [-0.2, -0.15) is 0 Å².